The number of carbonyl (C=O) groups excluding carboxylic acids is 1. The first kappa shape index (κ1) is 12.5. The molecule has 1 saturated heterocycles. The van der Waals surface area contributed by atoms with Gasteiger partial charge in [0, 0.05) is 13.0 Å². The van der Waals surface area contributed by atoms with E-state index in [-0.39, 0.29) is 5.91 Å². The van der Waals surface area contributed by atoms with E-state index in [0.29, 0.717) is 18.3 Å². The molecule has 1 aliphatic rings. The minimum atomic E-state index is 0.225. The molecule has 0 aliphatic carbocycles. The van der Waals surface area contributed by atoms with Crippen molar-refractivity contribution in [1.29, 1.82) is 0 Å². The highest BCUT2D eigenvalue weighted by Crippen LogP contribution is 2.10. The molecular formula is C12H24N2O. The second-order valence-corrected chi connectivity index (χ2v) is 4.71. The van der Waals surface area contributed by atoms with Gasteiger partial charge in [-0.1, -0.05) is 20.3 Å². The average Bonchev–Trinajstić information content (AvgIpc) is 2.27. The maximum Gasteiger partial charge on any atom is 0.220 e. The third-order valence-corrected chi connectivity index (χ3v) is 3.28. The van der Waals surface area contributed by atoms with E-state index >= 15 is 0 Å². The van der Waals surface area contributed by atoms with Gasteiger partial charge >= 0.3 is 0 Å². The Bertz CT molecular complexity index is 188. The SMILES string of the molecule is CCC(C)CC(=O)NCC1CCNCC1. The van der Waals surface area contributed by atoms with Crippen LogP contribution >= 0.6 is 0 Å². The lowest BCUT2D eigenvalue weighted by molar-refractivity contribution is -0.122. The highest BCUT2D eigenvalue weighted by atomic mass is 16.1. The minimum Gasteiger partial charge on any atom is -0.356 e. The molecule has 0 radical (unpaired) electrons. The molecule has 0 aromatic heterocycles. The summed E-state index contributed by atoms with van der Waals surface area (Å²) in [6.45, 7) is 7.34. The van der Waals surface area contributed by atoms with Crippen LogP contribution in [0.15, 0.2) is 0 Å². The number of amides is 1. The van der Waals surface area contributed by atoms with Crippen LogP contribution in [0.25, 0.3) is 0 Å². The molecule has 0 spiro atoms. The number of nitrogens with one attached hydrogen (secondary N) is 2. The molecule has 0 saturated carbocycles. The first-order chi connectivity index (χ1) is 7.22. The largest absolute Gasteiger partial charge is 0.356 e. The summed E-state index contributed by atoms with van der Waals surface area (Å²) in [5.74, 6) is 1.42. The predicted molar refractivity (Wildman–Crippen MR) is 62.7 cm³/mol. The maximum absolute atomic E-state index is 11.5. The zero-order valence-electron chi connectivity index (χ0n) is 10.0. The van der Waals surface area contributed by atoms with Crippen molar-refractivity contribution in [3.05, 3.63) is 0 Å². The van der Waals surface area contributed by atoms with Crippen LogP contribution in [0.4, 0.5) is 0 Å². The van der Waals surface area contributed by atoms with E-state index in [2.05, 4.69) is 24.5 Å². The number of hydrogen-bond donors (Lipinski definition) is 2. The summed E-state index contributed by atoms with van der Waals surface area (Å²) in [7, 11) is 0. The number of piperidine rings is 1. The van der Waals surface area contributed by atoms with Crippen LogP contribution in [0.3, 0.4) is 0 Å². The van der Waals surface area contributed by atoms with E-state index in [1.54, 1.807) is 0 Å². The Balaban J connectivity index is 2.10. The lowest BCUT2D eigenvalue weighted by Crippen LogP contribution is -2.36. The Kier molecular flexibility index (Phi) is 5.69. The van der Waals surface area contributed by atoms with Crippen molar-refractivity contribution in [3.63, 3.8) is 0 Å². The fourth-order valence-corrected chi connectivity index (χ4v) is 1.88. The van der Waals surface area contributed by atoms with Crippen LogP contribution in [0, 0.1) is 11.8 Å². The van der Waals surface area contributed by atoms with Crippen LogP contribution in [0.5, 0.6) is 0 Å². The zero-order chi connectivity index (χ0) is 11.1. The molecule has 1 fully saturated rings. The molecular weight excluding hydrogens is 188 g/mol. The molecule has 2 N–H and O–H groups in total. The van der Waals surface area contributed by atoms with Crippen LogP contribution in [0.2, 0.25) is 0 Å². The van der Waals surface area contributed by atoms with Crippen molar-refractivity contribution < 1.29 is 4.79 Å². The summed E-state index contributed by atoms with van der Waals surface area (Å²) in [4.78, 5) is 11.5. The molecule has 1 aliphatic heterocycles. The molecule has 88 valence electrons. The van der Waals surface area contributed by atoms with E-state index in [1.807, 2.05) is 0 Å². The van der Waals surface area contributed by atoms with Crippen molar-refractivity contribution in [1.82, 2.24) is 10.6 Å². The van der Waals surface area contributed by atoms with Gasteiger partial charge in [-0.05, 0) is 37.8 Å². The van der Waals surface area contributed by atoms with Crippen molar-refractivity contribution >= 4 is 5.91 Å². The van der Waals surface area contributed by atoms with Gasteiger partial charge in [0.2, 0.25) is 5.91 Å². The lowest BCUT2D eigenvalue weighted by atomic mass is 9.98. The predicted octanol–water partition coefficient (Wildman–Crippen LogP) is 1.54. The molecule has 1 amide bonds. The summed E-state index contributed by atoms with van der Waals surface area (Å²) in [6, 6.07) is 0. The van der Waals surface area contributed by atoms with E-state index in [0.717, 1.165) is 26.1 Å². The van der Waals surface area contributed by atoms with Crippen LogP contribution < -0.4 is 10.6 Å². The smallest absolute Gasteiger partial charge is 0.220 e. The summed E-state index contributed by atoms with van der Waals surface area (Å²) >= 11 is 0. The molecule has 1 unspecified atom stereocenters. The van der Waals surface area contributed by atoms with Crippen molar-refractivity contribution in [2.24, 2.45) is 11.8 Å². The van der Waals surface area contributed by atoms with Gasteiger partial charge in [0.25, 0.3) is 0 Å². The van der Waals surface area contributed by atoms with Gasteiger partial charge in [-0.15, -0.1) is 0 Å². The van der Waals surface area contributed by atoms with Crippen LogP contribution in [0.1, 0.15) is 39.5 Å². The Morgan fingerprint density at radius 3 is 2.73 bits per heavy atom. The second-order valence-electron chi connectivity index (χ2n) is 4.71. The van der Waals surface area contributed by atoms with Crippen LogP contribution in [-0.2, 0) is 4.79 Å². The molecule has 15 heavy (non-hydrogen) atoms. The van der Waals surface area contributed by atoms with Gasteiger partial charge in [0.05, 0.1) is 0 Å². The van der Waals surface area contributed by atoms with Gasteiger partial charge in [0.15, 0.2) is 0 Å². The Morgan fingerprint density at radius 2 is 2.13 bits per heavy atom. The number of carbonyl (C=O) groups is 1. The summed E-state index contributed by atoms with van der Waals surface area (Å²) in [5.41, 5.74) is 0. The maximum atomic E-state index is 11.5. The van der Waals surface area contributed by atoms with Crippen molar-refractivity contribution in [3.8, 4) is 0 Å². The number of rotatable bonds is 5. The van der Waals surface area contributed by atoms with Crippen LogP contribution in [-0.4, -0.2) is 25.5 Å². The number of hydrogen-bond acceptors (Lipinski definition) is 2. The molecule has 1 rings (SSSR count). The topological polar surface area (TPSA) is 41.1 Å². The van der Waals surface area contributed by atoms with Gasteiger partial charge < -0.3 is 10.6 Å². The fourth-order valence-electron chi connectivity index (χ4n) is 1.88. The first-order valence-corrected chi connectivity index (χ1v) is 6.19. The molecule has 0 bridgehead atoms. The zero-order valence-corrected chi connectivity index (χ0v) is 10.0. The minimum absolute atomic E-state index is 0.225. The second kappa shape index (κ2) is 6.83. The van der Waals surface area contributed by atoms with E-state index in [4.69, 9.17) is 0 Å². The first-order valence-electron chi connectivity index (χ1n) is 6.19. The van der Waals surface area contributed by atoms with Gasteiger partial charge in [0.1, 0.15) is 0 Å². The molecule has 3 nitrogen and oxygen atoms in total. The highest BCUT2D eigenvalue weighted by Gasteiger charge is 2.14. The molecule has 3 heteroatoms. The van der Waals surface area contributed by atoms with Crippen molar-refractivity contribution in [2.45, 2.75) is 39.5 Å². The van der Waals surface area contributed by atoms with Gasteiger partial charge in [-0.3, -0.25) is 4.79 Å². The summed E-state index contributed by atoms with van der Waals surface area (Å²) in [6.07, 6.45) is 4.16. The van der Waals surface area contributed by atoms with E-state index in [1.165, 1.54) is 12.8 Å². The van der Waals surface area contributed by atoms with E-state index in [9.17, 15) is 4.79 Å². The monoisotopic (exact) mass is 212 g/mol. The third-order valence-electron chi connectivity index (χ3n) is 3.28. The standard InChI is InChI=1S/C12H24N2O/c1-3-10(2)8-12(15)14-9-11-4-6-13-7-5-11/h10-11,13H,3-9H2,1-2H3,(H,14,15). The molecule has 0 aromatic carbocycles. The molecule has 1 atom stereocenters. The fraction of sp³-hybridized carbons (Fsp3) is 0.917. The van der Waals surface area contributed by atoms with Gasteiger partial charge in [-0.25, -0.2) is 0 Å². The lowest BCUT2D eigenvalue weighted by Gasteiger charge is -2.23. The average molecular weight is 212 g/mol. The highest BCUT2D eigenvalue weighted by molar-refractivity contribution is 5.76. The summed E-state index contributed by atoms with van der Waals surface area (Å²) in [5, 5.41) is 6.38. The Labute approximate surface area is 93.0 Å². The van der Waals surface area contributed by atoms with Gasteiger partial charge in [-0.2, -0.15) is 0 Å². The normalized spacial score (nSPS) is 19.9. The Morgan fingerprint density at radius 1 is 1.47 bits per heavy atom. The van der Waals surface area contributed by atoms with E-state index < -0.39 is 0 Å². The molecule has 1 heterocycles. The molecule has 0 aromatic rings. The quantitative estimate of drug-likeness (QED) is 0.726. The summed E-state index contributed by atoms with van der Waals surface area (Å²) < 4.78 is 0. The Hall–Kier alpha value is -0.570. The third kappa shape index (κ3) is 5.17. The van der Waals surface area contributed by atoms with Crippen molar-refractivity contribution in [2.75, 3.05) is 19.6 Å².